The lowest BCUT2D eigenvalue weighted by atomic mass is 10.1. The van der Waals surface area contributed by atoms with Crippen LogP contribution < -0.4 is 0 Å². The number of hydrogen-bond acceptors (Lipinski definition) is 4. The van der Waals surface area contributed by atoms with E-state index in [0.717, 1.165) is 16.3 Å². The number of carboxylic acids is 1. The number of rotatable bonds is 4. The Kier molecular flexibility index (Phi) is 3.70. The lowest BCUT2D eigenvalue weighted by molar-refractivity contribution is -0.141. The molecule has 0 bridgehead atoms. The van der Waals surface area contributed by atoms with Crippen molar-refractivity contribution in [2.45, 2.75) is 13.0 Å². The molecule has 1 aliphatic heterocycles. The van der Waals surface area contributed by atoms with Crippen LogP contribution in [0.3, 0.4) is 0 Å². The molecule has 0 unspecified atom stereocenters. The molecular formula is C15H14N2O3S. The lowest BCUT2D eigenvalue weighted by Gasteiger charge is -2.13. The Morgan fingerprint density at radius 2 is 2.14 bits per heavy atom. The van der Waals surface area contributed by atoms with Gasteiger partial charge >= 0.3 is 5.97 Å². The van der Waals surface area contributed by atoms with Crippen LogP contribution in [0, 0.1) is 5.92 Å². The monoisotopic (exact) mass is 302 g/mol. The molecule has 0 spiro atoms. The fourth-order valence-electron chi connectivity index (χ4n) is 2.38. The molecule has 5 nitrogen and oxygen atoms in total. The van der Waals surface area contributed by atoms with E-state index in [0.29, 0.717) is 6.54 Å². The van der Waals surface area contributed by atoms with E-state index in [9.17, 15) is 9.59 Å². The number of carboxylic acid groups (broad SMARTS) is 1. The Morgan fingerprint density at radius 1 is 1.38 bits per heavy atom. The van der Waals surface area contributed by atoms with Crippen molar-refractivity contribution < 1.29 is 14.7 Å². The minimum atomic E-state index is -0.908. The van der Waals surface area contributed by atoms with Crippen molar-refractivity contribution in [2.24, 2.45) is 5.92 Å². The van der Waals surface area contributed by atoms with Crippen LogP contribution in [-0.4, -0.2) is 33.4 Å². The molecule has 1 saturated heterocycles. The molecule has 1 aliphatic rings. The quantitative estimate of drug-likeness (QED) is 0.940. The Balaban J connectivity index is 1.71. The number of aromatic nitrogens is 1. The number of thiazole rings is 1. The van der Waals surface area contributed by atoms with Crippen molar-refractivity contribution in [3.8, 4) is 10.6 Å². The molecule has 1 fully saturated rings. The summed E-state index contributed by atoms with van der Waals surface area (Å²) in [4.78, 5) is 28.8. The first kappa shape index (κ1) is 13.8. The molecule has 3 rings (SSSR count). The zero-order valence-electron chi connectivity index (χ0n) is 11.2. The van der Waals surface area contributed by atoms with Crippen molar-refractivity contribution >= 4 is 23.2 Å². The predicted octanol–water partition coefficient (Wildman–Crippen LogP) is 2.24. The van der Waals surface area contributed by atoms with E-state index in [-0.39, 0.29) is 18.9 Å². The number of amides is 1. The van der Waals surface area contributed by atoms with Gasteiger partial charge in [-0.15, -0.1) is 11.3 Å². The van der Waals surface area contributed by atoms with Gasteiger partial charge in [-0.25, -0.2) is 4.98 Å². The number of likely N-dealkylation sites (tertiary alicyclic amines) is 1. The Hall–Kier alpha value is -2.21. The second kappa shape index (κ2) is 5.65. The maximum atomic E-state index is 11.8. The minimum absolute atomic E-state index is 0.0883. The van der Waals surface area contributed by atoms with E-state index in [2.05, 4.69) is 4.98 Å². The van der Waals surface area contributed by atoms with Crippen LogP contribution in [0.2, 0.25) is 0 Å². The fraction of sp³-hybridized carbons (Fsp3) is 0.267. The van der Waals surface area contributed by atoms with Crippen LogP contribution in [-0.2, 0) is 16.1 Å². The van der Waals surface area contributed by atoms with Gasteiger partial charge in [-0.05, 0) is 0 Å². The van der Waals surface area contributed by atoms with Gasteiger partial charge < -0.3 is 10.0 Å². The highest BCUT2D eigenvalue weighted by Gasteiger charge is 2.34. The SMILES string of the molecule is O=C(O)[C@@H]1CC(=O)N(Cc2csc(-c3ccccc3)n2)C1. The van der Waals surface area contributed by atoms with Gasteiger partial charge in [0.25, 0.3) is 0 Å². The summed E-state index contributed by atoms with van der Waals surface area (Å²) < 4.78 is 0. The Morgan fingerprint density at radius 3 is 2.81 bits per heavy atom. The third-order valence-corrected chi connectivity index (χ3v) is 4.43. The average molecular weight is 302 g/mol. The molecule has 0 radical (unpaired) electrons. The minimum Gasteiger partial charge on any atom is -0.481 e. The summed E-state index contributed by atoms with van der Waals surface area (Å²) in [5.74, 6) is -1.62. The molecule has 1 amide bonds. The largest absolute Gasteiger partial charge is 0.481 e. The van der Waals surface area contributed by atoms with Crippen molar-refractivity contribution in [1.29, 1.82) is 0 Å². The zero-order chi connectivity index (χ0) is 14.8. The summed E-state index contributed by atoms with van der Waals surface area (Å²) in [5, 5.41) is 11.8. The predicted molar refractivity (Wildman–Crippen MR) is 78.7 cm³/mol. The second-order valence-corrected chi connectivity index (χ2v) is 5.88. The van der Waals surface area contributed by atoms with Crippen LogP contribution in [0.25, 0.3) is 10.6 Å². The van der Waals surface area contributed by atoms with E-state index in [1.807, 2.05) is 35.7 Å². The van der Waals surface area contributed by atoms with Gasteiger partial charge in [0.1, 0.15) is 5.01 Å². The number of nitrogens with zero attached hydrogens (tertiary/aromatic N) is 2. The molecule has 1 N–H and O–H groups in total. The lowest BCUT2D eigenvalue weighted by Crippen LogP contribution is -2.25. The van der Waals surface area contributed by atoms with Gasteiger partial charge in [0.15, 0.2) is 0 Å². The molecule has 0 aliphatic carbocycles. The number of carbonyl (C=O) groups excluding carboxylic acids is 1. The number of benzene rings is 1. The van der Waals surface area contributed by atoms with Crippen LogP contribution in [0.15, 0.2) is 35.7 Å². The molecular weight excluding hydrogens is 288 g/mol. The first-order valence-electron chi connectivity index (χ1n) is 6.64. The van der Waals surface area contributed by atoms with Crippen LogP contribution in [0.4, 0.5) is 0 Å². The van der Waals surface area contributed by atoms with E-state index >= 15 is 0 Å². The van der Waals surface area contributed by atoms with Crippen molar-refractivity contribution in [3.63, 3.8) is 0 Å². The van der Waals surface area contributed by atoms with Gasteiger partial charge in [-0.2, -0.15) is 0 Å². The molecule has 1 aromatic carbocycles. The summed E-state index contributed by atoms with van der Waals surface area (Å²) in [6.45, 7) is 0.651. The van der Waals surface area contributed by atoms with Crippen molar-refractivity contribution in [1.82, 2.24) is 9.88 Å². The van der Waals surface area contributed by atoms with Crippen LogP contribution >= 0.6 is 11.3 Å². The maximum absolute atomic E-state index is 11.8. The first-order valence-corrected chi connectivity index (χ1v) is 7.52. The highest BCUT2D eigenvalue weighted by molar-refractivity contribution is 7.13. The summed E-state index contributed by atoms with van der Waals surface area (Å²) in [7, 11) is 0. The molecule has 2 aromatic rings. The fourth-order valence-corrected chi connectivity index (χ4v) is 3.20. The molecule has 6 heteroatoms. The van der Waals surface area contributed by atoms with E-state index in [1.54, 1.807) is 4.90 Å². The summed E-state index contributed by atoms with van der Waals surface area (Å²) in [6.07, 6.45) is 0.0883. The topological polar surface area (TPSA) is 70.5 Å². The third-order valence-electron chi connectivity index (χ3n) is 3.49. The Bertz CT molecular complexity index is 669. The van der Waals surface area contributed by atoms with Crippen LogP contribution in [0.5, 0.6) is 0 Å². The number of hydrogen-bond donors (Lipinski definition) is 1. The molecule has 2 heterocycles. The second-order valence-electron chi connectivity index (χ2n) is 5.02. The van der Waals surface area contributed by atoms with Crippen molar-refractivity contribution in [3.05, 3.63) is 41.4 Å². The molecule has 21 heavy (non-hydrogen) atoms. The number of aliphatic carboxylic acids is 1. The molecule has 108 valence electrons. The highest BCUT2D eigenvalue weighted by atomic mass is 32.1. The molecule has 1 aromatic heterocycles. The van der Waals surface area contributed by atoms with E-state index in [4.69, 9.17) is 5.11 Å². The normalized spacial score (nSPS) is 18.2. The van der Waals surface area contributed by atoms with E-state index < -0.39 is 11.9 Å². The van der Waals surface area contributed by atoms with Gasteiger partial charge in [0.05, 0.1) is 18.2 Å². The third kappa shape index (κ3) is 2.95. The van der Waals surface area contributed by atoms with Crippen molar-refractivity contribution in [2.75, 3.05) is 6.54 Å². The van der Waals surface area contributed by atoms with Gasteiger partial charge in [-0.1, -0.05) is 30.3 Å². The Labute approximate surface area is 125 Å². The van der Waals surface area contributed by atoms with E-state index in [1.165, 1.54) is 11.3 Å². The van der Waals surface area contributed by atoms with Gasteiger partial charge in [0.2, 0.25) is 5.91 Å². The first-order chi connectivity index (χ1) is 10.1. The number of carbonyl (C=O) groups is 2. The van der Waals surface area contributed by atoms with Gasteiger partial charge in [-0.3, -0.25) is 9.59 Å². The molecule has 1 atom stereocenters. The average Bonchev–Trinajstić information content (AvgIpc) is 3.08. The molecule has 0 saturated carbocycles. The maximum Gasteiger partial charge on any atom is 0.308 e. The van der Waals surface area contributed by atoms with Crippen LogP contribution in [0.1, 0.15) is 12.1 Å². The standard InChI is InChI=1S/C15H14N2O3S/c18-13-6-11(15(19)20)7-17(13)8-12-9-21-14(16-12)10-4-2-1-3-5-10/h1-5,9,11H,6-8H2,(H,19,20)/t11-/m1/s1. The summed E-state index contributed by atoms with van der Waals surface area (Å²) in [6, 6.07) is 9.84. The smallest absolute Gasteiger partial charge is 0.308 e. The highest BCUT2D eigenvalue weighted by Crippen LogP contribution is 2.25. The summed E-state index contributed by atoms with van der Waals surface area (Å²) >= 11 is 1.53. The summed E-state index contributed by atoms with van der Waals surface area (Å²) in [5.41, 5.74) is 1.85. The van der Waals surface area contributed by atoms with Gasteiger partial charge in [0, 0.05) is 23.9 Å². The zero-order valence-corrected chi connectivity index (χ0v) is 12.0.